The summed E-state index contributed by atoms with van der Waals surface area (Å²) in [4.78, 5) is 3.68. The molecule has 0 saturated carbocycles. The molecular weight excluding hydrogens is 348 g/mol. The second-order valence-electron chi connectivity index (χ2n) is 4.72. The third-order valence-corrected chi connectivity index (χ3v) is 4.72. The third kappa shape index (κ3) is 5.25. The van der Waals surface area contributed by atoms with Gasteiger partial charge in [0.1, 0.15) is 0 Å². The summed E-state index contributed by atoms with van der Waals surface area (Å²) in [6.45, 7) is 3.35. The van der Waals surface area contributed by atoms with Gasteiger partial charge in [-0.1, -0.05) is 12.1 Å². The fourth-order valence-corrected chi connectivity index (χ4v) is 3.56. The molecule has 2 rings (SSSR count). The first-order chi connectivity index (χ1) is 10.2. The summed E-state index contributed by atoms with van der Waals surface area (Å²) in [5, 5.41) is 8.84. The average molecular weight is 365 g/mol. The highest BCUT2D eigenvalue weighted by molar-refractivity contribution is 9.11. The number of hydrogen-bond donors (Lipinski definition) is 0. The van der Waals surface area contributed by atoms with Gasteiger partial charge in [-0.2, -0.15) is 5.26 Å². The Kier molecular flexibility index (Phi) is 6.40. The quantitative estimate of drug-likeness (QED) is 0.743. The summed E-state index contributed by atoms with van der Waals surface area (Å²) in [6.07, 6.45) is 0. The van der Waals surface area contributed by atoms with E-state index in [0.717, 1.165) is 23.4 Å². The van der Waals surface area contributed by atoms with E-state index in [1.54, 1.807) is 18.4 Å². The van der Waals surface area contributed by atoms with Crippen LogP contribution in [0.4, 0.5) is 0 Å². The Hall–Kier alpha value is -1.19. The Morgan fingerprint density at radius 2 is 1.95 bits per heavy atom. The van der Waals surface area contributed by atoms with E-state index in [9.17, 15) is 0 Å². The van der Waals surface area contributed by atoms with Crippen LogP contribution in [0.5, 0.6) is 0 Å². The molecule has 21 heavy (non-hydrogen) atoms. The monoisotopic (exact) mass is 364 g/mol. The van der Waals surface area contributed by atoms with E-state index < -0.39 is 0 Å². The highest BCUT2D eigenvalue weighted by atomic mass is 79.9. The lowest BCUT2D eigenvalue weighted by molar-refractivity contribution is 0.140. The Bertz CT molecular complexity index is 603. The maximum absolute atomic E-state index is 8.84. The minimum atomic E-state index is 0.698. The predicted molar refractivity (Wildman–Crippen MR) is 89.2 cm³/mol. The van der Waals surface area contributed by atoms with Crippen molar-refractivity contribution < 1.29 is 4.74 Å². The van der Waals surface area contributed by atoms with E-state index in [1.165, 1.54) is 10.4 Å². The van der Waals surface area contributed by atoms with Gasteiger partial charge in [0.2, 0.25) is 0 Å². The molecule has 0 unspecified atom stereocenters. The summed E-state index contributed by atoms with van der Waals surface area (Å²) in [5.41, 5.74) is 1.91. The van der Waals surface area contributed by atoms with E-state index >= 15 is 0 Å². The zero-order chi connectivity index (χ0) is 15.1. The number of thiophene rings is 1. The highest BCUT2D eigenvalue weighted by Gasteiger charge is 2.09. The molecule has 0 aliphatic rings. The van der Waals surface area contributed by atoms with E-state index in [0.29, 0.717) is 12.2 Å². The molecule has 0 bridgehead atoms. The molecule has 1 aromatic heterocycles. The van der Waals surface area contributed by atoms with Crippen molar-refractivity contribution in [2.45, 2.75) is 13.1 Å². The molecule has 0 radical (unpaired) electrons. The molecule has 1 aromatic carbocycles. The van der Waals surface area contributed by atoms with Gasteiger partial charge in [-0.25, -0.2) is 0 Å². The molecule has 0 amide bonds. The fraction of sp³-hybridized carbons (Fsp3) is 0.312. The molecule has 3 nitrogen and oxygen atoms in total. The number of rotatable bonds is 7. The van der Waals surface area contributed by atoms with E-state index in [2.05, 4.69) is 39.0 Å². The molecule has 2 aromatic rings. The summed E-state index contributed by atoms with van der Waals surface area (Å²) < 4.78 is 6.35. The number of halogens is 1. The smallest absolute Gasteiger partial charge is 0.0991 e. The minimum Gasteiger partial charge on any atom is -0.383 e. The van der Waals surface area contributed by atoms with Gasteiger partial charge in [0.15, 0.2) is 0 Å². The van der Waals surface area contributed by atoms with Crippen molar-refractivity contribution in [2.75, 3.05) is 20.3 Å². The van der Waals surface area contributed by atoms with Gasteiger partial charge in [-0.05, 0) is 45.8 Å². The van der Waals surface area contributed by atoms with Crippen molar-refractivity contribution in [2.24, 2.45) is 0 Å². The van der Waals surface area contributed by atoms with Crippen molar-refractivity contribution in [1.29, 1.82) is 5.26 Å². The topological polar surface area (TPSA) is 36.3 Å². The number of nitriles is 1. The number of methoxy groups -OCH3 is 1. The molecule has 0 fully saturated rings. The molecule has 0 atom stereocenters. The van der Waals surface area contributed by atoms with Gasteiger partial charge in [-0.15, -0.1) is 11.3 Å². The van der Waals surface area contributed by atoms with Crippen LogP contribution >= 0.6 is 27.3 Å². The molecule has 1 heterocycles. The van der Waals surface area contributed by atoms with E-state index in [1.807, 2.05) is 24.3 Å². The second-order valence-corrected chi connectivity index (χ2v) is 7.27. The molecule has 110 valence electrons. The van der Waals surface area contributed by atoms with Crippen LogP contribution in [-0.4, -0.2) is 25.2 Å². The van der Waals surface area contributed by atoms with Gasteiger partial charge in [0.25, 0.3) is 0 Å². The minimum absolute atomic E-state index is 0.698. The first-order valence-electron chi connectivity index (χ1n) is 6.66. The lowest BCUT2D eigenvalue weighted by Gasteiger charge is -2.21. The van der Waals surface area contributed by atoms with Gasteiger partial charge in [0.05, 0.1) is 22.0 Å². The molecule has 0 spiro atoms. The summed E-state index contributed by atoms with van der Waals surface area (Å²) in [6, 6.07) is 14.1. The number of benzene rings is 1. The van der Waals surface area contributed by atoms with Crippen molar-refractivity contribution in [3.8, 4) is 6.07 Å². The summed E-state index contributed by atoms with van der Waals surface area (Å²) >= 11 is 5.26. The highest BCUT2D eigenvalue weighted by Crippen LogP contribution is 2.23. The van der Waals surface area contributed by atoms with Crippen LogP contribution in [0.15, 0.2) is 40.2 Å². The number of nitrogens with zero attached hydrogens (tertiary/aromatic N) is 2. The molecule has 0 N–H and O–H groups in total. The second kappa shape index (κ2) is 8.30. The lowest BCUT2D eigenvalue weighted by atomic mass is 10.1. The Morgan fingerprint density at radius 1 is 1.19 bits per heavy atom. The van der Waals surface area contributed by atoms with Gasteiger partial charge in [0, 0.05) is 31.6 Å². The number of hydrogen-bond acceptors (Lipinski definition) is 4. The first kappa shape index (κ1) is 16.2. The molecule has 0 aliphatic heterocycles. The van der Waals surface area contributed by atoms with Gasteiger partial charge >= 0.3 is 0 Å². The molecule has 0 saturated heterocycles. The number of ether oxygens (including phenoxy) is 1. The standard InChI is InChI=1S/C16H17BrN2OS/c1-20-9-8-19(12-15-6-7-16(17)21-15)11-14-4-2-13(10-18)3-5-14/h2-7H,8-9,11-12H2,1H3. The van der Waals surface area contributed by atoms with Gasteiger partial charge in [-0.3, -0.25) is 4.90 Å². The lowest BCUT2D eigenvalue weighted by Crippen LogP contribution is -2.26. The maximum atomic E-state index is 8.84. The van der Waals surface area contributed by atoms with Crippen molar-refractivity contribution in [3.05, 3.63) is 56.2 Å². The van der Waals surface area contributed by atoms with Crippen molar-refractivity contribution >= 4 is 27.3 Å². The van der Waals surface area contributed by atoms with Crippen LogP contribution in [0, 0.1) is 11.3 Å². The predicted octanol–water partition coefficient (Wildman–Crippen LogP) is 4.03. The third-order valence-electron chi connectivity index (χ3n) is 3.11. The van der Waals surface area contributed by atoms with Crippen LogP contribution in [0.3, 0.4) is 0 Å². The maximum Gasteiger partial charge on any atom is 0.0991 e. The van der Waals surface area contributed by atoms with E-state index in [-0.39, 0.29) is 0 Å². The Labute approximate surface area is 137 Å². The SMILES string of the molecule is COCCN(Cc1ccc(C#N)cc1)Cc1ccc(Br)s1. The zero-order valence-electron chi connectivity index (χ0n) is 11.9. The van der Waals surface area contributed by atoms with Crippen LogP contribution in [0.25, 0.3) is 0 Å². The van der Waals surface area contributed by atoms with Crippen LogP contribution < -0.4 is 0 Å². The molecule has 5 heteroatoms. The van der Waals surface area contributed by atoms with Crippen LogP contribution in [-0.2, 0) is 17.8 Å². The van der Waals surface area contributed by atoms with Crippen molar-refractivity contribution in [1.82, 2.24) is 4.90 Å². The largest absolute Gasteiger partial charge is 0.383 e. The van der Waals surface area contributed by atoms with E-state index in [4.69, 9.17) is 10.00 Å². The molecular formula is C16H17BrN2OS. The van der Waals surface area contributed by atoms with Crippen molar-refractivity contribution in [3.63, 3.8) is 0 Å². The first-order valence-corrected chi connectivity index (χ1v) is 8.27. The molecule has 0 aliphatic carbocycles. The van der Waals surface area contributed by atoms with Gasteiger partial charge < -0.3 is 4.74 Å². The zero-order valence-corrected chi connectivity index (χ0v) is 14.3. The Morgan fingerprint density at radius 3 is 2.52 bits per heavy atom. The van der Waals surface area contributed by atoms with Crippen LogP contribution in [0.2, 0.25) is 0 Å². The normalized spacial score (nSPS) is 10.8. The summed E-state index contributed by atoms with van der Waals surface area (Å²) in [5.74, 6) is 0. The Balaban J connectivity index is 2.02. The average Bonchev–Trinajstić information content (AvgIpc) is 2.90. The van der Waals surface area contributed by atoms with Crippen LogP contribution in [0.1, 0.15) is 16.0 Å². The summed E-state index contributed by atoms with van der Waals surface area (Å²) in [7, 11) is 1.72. The fourth-order valence-electron chi connectivity index (χ4n) is 2.03.